The fourth-order valence-electron chi connectivity index (χ4n) is 9.41. The number of likely N-dealkylation sites (tertiary alicyclic amines) is 1. The fraction of sp³-hybridized carbons (Fsp3) is 0.759. The Balaban J connectivity index is 2.23. The molecule has 0 spiro atoms. The minimum absolute atomic E-state index is 0.0290. The van der Waals surface area contributed by atoms with Crippen LogP contribution in [-0.4, -0.2) is 160 Å². The number of hydrogen-bond donors (Lipinski definition) is 10. The van der Waals surface area contributed by atoms with E-state index in [4.69, 9.17) is 0 Å². The van der Waals surface area contributed by atoms with Gasteiger partial charge in [0.05, 0.1) is 0 Å². The van der Waals surface area contributed by atoms with E-state index in [-0.39, 0.29) is 67.8 Å². The number of hydrogen-bond acceptors (Lipinski definition) is 11. The number of likely N-dealkylation sites (N-methyl/N-ethyl adjacent to an activating group) is 1. The van der Waals surface area contributed by atoms with Crippen LogP contribution >= 0.6 is 0 Å². The molecule has 1 aliphatic heterocycles. The van der Waals surface area contributed by atoms with Gasteiger partial charge in [0.15, 0.2) is 0 Å². The van der Waals surface area contributed by atoms with Crippen LogP contribution in [0.4, 0.5) is 0 Å². The van der Waals surface area contributed by atoms with E-state index in [9.17, 15) is 47.9 Å². The molecule has 22 heteroatoms. The predicted molar refractivity (Wildman–Crippen MR) is 309 cm³/mol. The first kappa shape index (κ1) is 70.0. The van der Waals surface area contributed by atoms with Gasteiger partial charge in [-0.15, -0.1) is 0 Å². The van der Waals surface area contributed by atoms with E-state index < -0.39 is 94.1 Å². The van der Waals surface area contributed by atoms with Crippen LogP contribution in [0.3, 0.4) is 0 Å². The van der Waals surface area contributed by atoms with Crippen molar-refractivity contribution in [2.24, 2.45) is 17.8 Å². The Morgan fingerprint density at radius 2 is 1.11 bits per heavy atom. The van der Waals surface area contributed by atoms with Gasteiger partial charge in [-0.05, 0) is 131 Å². The summed E-state index contributed by atoms with van der Waals surface area (Å²) in [4.78, 5) is 144. The molecule has 80 heavy (non-hydrogen) atoms. The maximum absolute atomic E-state index is 14.3. The molecule has 0 aromatic carbocycles. The van der Waals surface area contributed by atoms with Crippen molar-refractivity contribution in [3.63, 3.8) is 0 Å². The van der Waals surface area contributed by atoms with E-state index >= 15 is 0 Å². The second-order valence-electron chi connectivity index (χ2n) is 24.9. The van der Waals surface area contributed by atoms with Crippen LogP contribution in [0.2, 0.25) is 0 Å². The first-order valence-electron chi connectivity index (χ1n) is 29.1. The second kappa shape index (κ2) is 33.0. The Bertz CT molecular complexity index is 2210. The first-order chi connectivity index (χ1) is 37.2. The van der Waals surface area contributed by atoms with Gasteiger partial charge in [0.25, 0.3) is 5.91 Å². The number of rotatable bonds is 35. The molecule has 0 radical (unpaired) electrons. The van der Waals surface area contributed by atoms with E-state index in [0.29, 0.717) is 44.5 Å². The lowest BCUT2D eigenvalue weighted by Crippen LogP contribution is -2.65. The summed E-state index contributed by atoms with van der Waals surface area (Å²) >= 11 is 0. The van der Waals surface area contributed by atoms with Gasteiger partial charge in [-0.1, -0.05) is 87.0 Å². The SMILES string of the molecule is CCCCCCCC[C@H](NC(=O)[C@@H]1CCCN1C(=O)c1ccc[nH]1)C(=O)N[C@@H](CC(C)C)C(=O)NC(C)(C)C(=O)N[C@@H](CC(C)C)C(=O)N[C@@H](CC(C)C)C(=O)NC(C)(C)C(=O)NC(C)(C)C(=O)NCCC(=O)N[C@@H](C)CN(C)C. The molecule has 2 heterocycles. The van der Waals surface area contributed by atoms with Gasteiger partial charge in [0, 0.05) is 38.3 Å². The Hall–Kier alpha value is -6.06. The molecule has 22 nitrogen and oxygen atoms in total. The molecule has 0 unspecified atom stereocenters. The van der Waals surface area contributed by atoms with Crippen LogP contribution in [0.5, 0.6) is 0 Å². The zero-order chi connectivity index (χ0) is 60.7. The third-order valence-corrected chi connectivity index (χ3v) is 13.8. The second-order valence-corrected chi connectivity index (χ2v) is 24.9. The largest absolute Gasteiger partial charge is 0.357 e. The topological polar surface area (TPSA) is 301 Å². The Morgan fingerprint density at radius 1 is 0.613 bits per heavy atom. The number of amides is 10. The third kappa shape index (κ3) is 24.3. The molecule has 10 amide bonds. The van der Waals surface area contributed by atoms with Gasteiger partial charge in [0.1, 0.15) is 52.5 Å². The fourth-order valence-corrected chi connectivity index (χ4v) is 9.41. The smallest absolute Gasteiger partial charge is 0.270 e. The molecule has 10 N–H and O–H groups in total. The molecule has 0 bridgehead atoms. The van der Waals surface area contributed by atoms with Gasteiger partial charge in [-0.25, -0.2) is 0 Å². The van der Waals surface area contributed by atoms with Gasteiger partial charge in [-0.2, -0.15) is 0 Å². The van der Waals surface area contributed by atoms with Crippen LogP contribution in [0.15, 0.2) is 18.3 Å². The molecule has 1 aromatic heterocycles. The normalized spacial score (nSPS) is 15.8. The monoisotopic (exact) mass is 1130 g/mol. The summed E-state index contributed by atoms with van der Waals surface area (Å²) in [6.07, 6.45) is 9.16. The average molecular weight is 1130 g/mol. The number of aromatic amines is 1. The average Bonchev–Trinajstić information content (AvgIpc) is 4.07. The molecular formula is C58H102N12O10. The van der Waals surface area contributed by atoms with Crippen molar-refractivity contribution in [1.82, 2.24) is 62.6 Å². The van der Waals surface area contributed by atoms with E-state index in [1.807, 2.05) is 67.5 Å². The third-order valence-electron chi connectivity index (χ3n) is 13.8. The molecule has 6 atom stereocenters. The molecule has 454 valence electrons. The molecule has 1 aromatic rings. The summed E-state index contributed by atoms with van der Waals surface area (Å²) in [5.74, 6) is -5.84. The van der Waals surface area contributed by atoms with Crippen molar-refractivity contribution in [1.29, 1.82) is 0 Å². The number of H-pyrrole nitrogens is 1. The number of carbonyl (C=O) groups excluding carboxylic acids is 10. The lowest BCUT2D eigenvalue weighted by Gasteiger charge is -2.34. The quantitative estimate of drug-likeness (QED) is 0.0437. The molecule has 1 saturated heterocycles. The number of aromatic nitrogens is 1. The van der Waals surface area contributed by atoms with Crippen molar-refractivity contribution >= 4 is 59.1 Å². The maximum Gasteiger partial charge on any atom is 0.270 e. The summed E-state index contributed by atoms with van der Waals surface area (Å²) in [5.41, 5.74) is -4.30. The molecule has 1 fully saturated rings. The first-order valence-corrected chi connectivity index (χ1v) is 29.1. The van der Waals surface area contributed by atoms with Crippen LogP contribution in [0, 0.1) is 17.8 Å². The number of carbonyl (C=O) groups is 10. The summed E-state index contributed by atoms with van der Waals surface area (Å²) < 4.78 is 0. The van der Waals surface area contributed by atoms with Crippen molar-refractivity contribution in [2.75, 3.05) is 33.7 Å². The highest BCUT2D eigenvalue weighted by Gasteiger charge is 2.41. The minimum atomic E-state index is -1.63. The van der Waals surface area contributed by atoms with Crippen LogP contribution in [0.25, 0.3) is 0 Å². The van der Waals surface area contributed by atoms with Gasteiger partial charge < -0.3 is 62.6 Å². The van der Waals surface area contributed by atoms with Crippen molar-refractivity contribution in [3.05, 3.63) is 24.0 Å². The van der Waals surface area contributed by atoms with Crippen molar-refractivity contribution < 1.29 is 47.9 Å². The molecule has 2 rings (SSSR count). The van der Waals surface area contributed by atoms with Crippen LogP contribution in [-0.2, 0) is 43.2 Å². The number of unbranched alkanes of at least 4 members (excludes halogenated alkanes) is 5. The standard InChI is InChI=1S/C58H102N12O10/c1-17-18-19-20-21-22-25-40(62-51(76)45-27-24-31-70(45)52(77)41-26-23-29-59-41)47(72)63-43(33-37(4)5)49(74)66-57(11,12)54(79)65-42(32-36(2)3)48(73)64-44(34-38(6)7)50(75)67-58(13,14)55(80)68-56(9,10)53(78)60-30-28-46(71)61-39(8)35-69(15)16/h23,26,29,36-40,42-45,59H,17-22,24-25,27-28,30-35H2,1-16H3,(H,60,78)(H,61,71)(H,62,76)(H,63,72)(H,64,73)(H,65,79)(H,66,74)(H,67,75)(H,68,80)/t39-,40-,42-,43-,44-,45-/m0/s1. The Kier molecular flexibility index (Phi) is 28.9. The predicted octanol–water partition coefficient (Wildman–Crippen LogP) is 3.70. The summed E-state index contributed by atoms with van der Waals surface area (Å²) in [6.45, 7) is 25.1. The van der Waals surface area contributed by atoms with Gasteiger partial charge in [-0.3, -0.25) is 47.9 Å². The lowest BCUT2D eigenvalue weighted by atomic mass is 9.96. The molecule has 0 saturated carbocycles. The van der Waals surface area contributed by atoms with Gasteiger partial charge >= 0.3 is 0 Å². The van der Waals surface area contributed by atoms with Crippen LogP contribution < -0.4 is 47.9 Å². The Morgan fingerprint density at radius 3 is 1.62 bits per heavy atom. The Labute approximate surface area is 476 Å². The highest BCUT2D eigenvalue weighted by atomic mass is 16.2. The lowest BCUT2D eigenvalue weighted by molar-refractivity contribution is -0.139. The molecular weight excluding hydrogens is 1020 g/mol. The summed E-state index contributed by atoms with van der Waals surface area (Å²) in [6, 6.07) is -1.99. The van der Waals surface area contributed by atoms with Crippen molar-refractivity contribution in [3.8, 4) is 0 Å². The molecule has 0 aliphatic carbocycles. The number of nitrogens with one attached hydrogen (secondary N) is 10. The highest BCUT2D eigenvalue weighted by Crippen LogP contribution is 2.22. The van der Waals surface area contributed by atoms with E-state index in [2.05, 4.69) is 59.8 Å². The van der Waals surface area contributed by atoms with E-state index in [1.165, 1.54) is 46.4 Å². The zero-order valence-electron chi connectivity index (χ0n) is 51.2. The zero-order valence-corrected chi connectivity index (χ0v) is 51.2. The highest BCUT2D eigenvalue weighted by molar-refractivity contribution is 6.01. The van der Waals surface area contributed by atoms with Gasteiger partial charge in [0.2, 0.25) is 53.2 Å². The summed E-state index contributed by atoms with van der Waals surface area (Å²) in [7, 11) is 3.79. The van der Waals surface area contributed by atoms with E-state index in [0.717, 1.165) is 32.1 Å². The van der Waals surface area contributed by atoms with Crippen LogP contribution in [0.1, 0.15) is 191 Å². The minimum Gasteiger partial charge on any atom is -0.357 e. The number of nitrogens with zero attached hydrogens (tertiary/aromatic N) is 2. The maximum atomic E-state index is 14.3. The van der Waals surface area contributed by atoms with Crippen molar-refractivity contribution in [2.45, 2.75) is 233 Å². The summed E-state index contributed by atoms with van der Waals surface area (Å²) in [5, 5.41) is 25.1. The van der Waals surface area contributed by atoms with E-state index in [1.54, 1.807) is 18.3 Å². The molecule has 1 aliphatic rings.